The second kappa shape index (κ2) is 9.30. The molecule has 0 amide bonds. The smallest absolute Gasteiger partial charge is 0.178 e. The van der Waals surface area contributed by atoms with Gasteiger partial charge in [0.05, 0.1) is 12.3 Å². The molecule has 0 saturated heterocycles. The number of nitrogens with zero attached hydrogens (tertiary/aromatic N) is 4. The van der Waals surface area contributed by atoms with Gasteiger partial charge in [0.25, 0.3) is 0 Å². The molecule has 2 heterocycles. The fourth-order valence-corrected chi connectivity index (χ4v) is 2.82. The quantitative estimate of drug-likeness (QED) is 0.537. The lowest BCUT2D eigenvalue weighted by molar-refractivity contribution is 0.110. The summed E-state index contributed by atoms with van der Waals surface area (Å²) in [5, 5.41) is 7.55. The number of hydrogen-bond acceptors (Lipinski definition) is 6. The highest BCUT2D eigenvalue weighted by Gasteiger charge is 2.09. The number of rotatable bonds is 9. The first-order valence-corrected chi connectivity index (χ1v) is 9.10. The highest BCUT2D eigenvalue weighted by atomic mass is 79.9. The van der Waals surface area contributed by atoms with E-state index >= 15 is 0 Å². The Morgan fingerprint density at radius 3 is 2.96 bits per heavy atom. The number of hydrogen-bond donors (Lipinski definition) is 1. The topological polar surface area (TPSA) is 74.1 Å². The fraction of sp³-hybridized carbons (Fsp3) is 0.278. The van der Waals surface area contributed by atoms with Gasteiger partial charge in [-0.2, -0.15) is 5.10 Å². The normalized spacial score (nSPS) is 10.7. The second-order valence-corrected chi connectivity index (χ2v) is 6.28. The summed E-state index contributed by atoms with van der Waals surface area (Å²) in [4.78, 5) is 8.36. The number of benzene rings is 1. The van der Waals surface area contributed by atoms with E-state index in [1.165, 1.54) is 6.33 Å². The van der Waals surface area contributed by atoms with Crippen LogP contribution in [0.2, 0.25) is 0 Å². The minimum Gasteiger partial charge on any atom is -0.491 e. The molecule has 0 bridgehead atoms. The zero-order valence-electron chi connectivity index (χ0n) is 14.4. The second-order valence-electron chi connectivity index (χ2n) is 5.37. The molecule has 0 fully saturated rings. The lowest BCUT2D eigenvalue weighted by Gasteiger charge is -2.15. The third kappa shape index (κ3) is 4.80. The van der Waals surface area contributed by atoms with Crippen molar-refractivity contribution in [2.75, 3.05) is 25.1 Å². The molecule has 136 valence electrons. The number of nitrogens with one attached hydrogen (secondary N) is 1. The first kappa shape index (κ1) is 18.3. The Labute approximate surface area is 160 Å². The van der Waals surface area contributed by atoms with Crippen LogP contribution < -0.4 is 10.1 Å². The molecule has 0 saturated carbocycles. The summed E-state index contributed by atoms with van der Waals surface area (Å²) in [7, 11) is 0. The van der Waals surface area contributed by atoms with Crippen molar-refractivity contribution in [3.8, 4) is 11.6 Å². The zero-order chi connectivity index (χ0) is 18.2. The first-order chi connectivity index (χ1) is 12.8. The first-order valence-electron chi connectivity index (χ1n) is 8.30. The zero-order valence-corrected chi connectivity index (χ0v) is 16.0. The Balaban J connectivity index is 1.73. The Bertz CT molecular complexity index is 826. The number of halogens is 1. The van der Waals surface area contributed by atoms with Crippen molar-refractivity contribution in [3.63, 3.8) is 0 Å². The highest BCUT2D eigenvalue weighted by molar-refractivity contribution is 9.10. The van der Waals surface area contributed by atoms with Crippen molar-refractivity contribution < 1.29 is 9.47 Å². The summed E-state index contributed by atoms with van der Waals surface area (Å²) < 4.78 is 13.8. The Morgan fingerprint density at radius 1 is 1.23 bits per heavy atom. The molecule has 3 rings (SSSR count). The van der Waals surface area contributed by atoms with Crippen LogP contribution in [0.1, 0.15) is 12.5 Å². The van der Waals surface area contributed by atoms with E-state index in [9.17, 15) is 0 Å². The van der Waals surface area contributed by atoms with Crippen LogP contribution in [0, 0.1) is 0 Å². The third-order valence-corrected chi connectivity index (χ3v) is 4.10. The van der Waals surface area contributed by atoms with Gasteiger partial charge in [-0.1, -0.05) is 15.9 Å². The summed E-state index contributed by atoms with van der Waals surface area (Å²) >= 11 is 3.52. The molecule has 0 radical (unpaired) electrons. The summed E-state index contributed by atoms with van der Waals surface area (Å²) in [5.41, 5.74) is 1.89. The molecule has 7 nitrogen and oxygen atoms in total. The number of aromatic nitrogens is 4. The standard InChI is InChI=1S/C18H20BrN5O2/c1-2-25-8-9-26-17-6-5-15(19)10-14(17)11-22-16-4-3-7-21-18(16)24-13-20-12-23-24/h3-7,10,12-13,22H,2,8-9,11H2,1H3. The van der Waals surface area contributed by atoms with Crippen molar-refractivity contribution in [2.45, 2.75) is 13.5 Å². The van der Waals surface area contributed by atoms with Crippen LogP contribution >= 0.6 is 15.9 Å². The van der Waals surface area contributed by atoms with Crippen LogP contribution in [0.4, 0.5) is 5.69 Å². The van der Waals surface area contributed by atoms with Crippen molar-refractivity contribution in [2.24, 2.45) is 0 Å². The van der Waals surface area contributed by atoms with Crippen LogP contribution in [0.3, 0.4) is 0 Å². The molecule has 0 atom stereocenters. The molecule has 0 aliphatic carbocycles. The fourth-order valence-electron chi connectivity index (χ4n) is 2.41. The molecule has 26 heavy (non-hydrogen) atoms. The minimum atomic E-state index is 0.513. The highest BCUT2D eigenvalue weighted by Crippen LogP contribution is 2.25. The lowest BCUT2D eigenvalue weighted by atomic mass is 10.2. The van der Waals surface area contributed by atoms with Crippen molar-refractivity contribution in [1.82, 2.24) is 19.7 Å². The van der Waals surface area contributed by atoms with Gasteiger partial charge in [-0.15, -0.1) is 0 Å². The molecule has 0 aliphatic heterocycles. The third-order valence-electron chi connectivity index (χ3n) is 3.60. The molecular weight excluding hydrogens is 398 g/mol. The summed E-state index contributed by atoms with van der Waals surface area (Å²) in [5.74, 6) is 1.52. The maximum Gasteiger partial charge on any atom is 0.178 e. The van der Waals surface area contributed by atoms with Crippen LogP contribution in [-0.4, -0.2) is 39.6 Å². The summed E-state index contributed by atoms with van der Waals surface area (Å²) in [6.07, 6.45) is 4.83. The van der Waals surface area contributed by atoms with E-state index in [1.807, 2.05) is 37.3 Å². The average molecular weight is 418 g/mol. The maximum atomic E-state index is 5.86. The molecular formula is C18H20BrN5O2. The predicted octanol–water partition coefficient (Wildman–Crippen LogP) is 3.45. The number of anilines is 1. The average Bonchev–Trinajstić information content (AvgIpc) is 3.19. The Morgan fingerprint density at radius 2 is 2.15 bits per heavy atom. The van der Waals surface area contributed by atoms with E-state index in [4.69, 9.17) is 9.47 Å². The van der Waals surface area contributed by atoms with E-state index in [1.54, 1.807) is 17.2 Å². The Kier molecular flexibility index (Phi) is 6.56. The minimum absolute atomic E-state index is 0.513. The van der Waals surface area contributed by atoms with Gasteiger partial charge in [-0.3, -0.25) is 0 Å². The van der Waals surface area contributed by atoms with Crippen molar-refractivity contribution in [1.29, 1.82) is 0 Å². The maximum absolute atomic E-state index is 5.86. The van der Waals surface area contributed by atoms with E-state index in [-0.39, 0.29) is 0 Å². The molecule has 0 unspecified atom stereocenters. The van der Waals surface area contributed by atoms with Gasteiger partial charge < -0.3 is 14.8 Å². The molecule has 3 aromatic rings. The van der Waals surface area contributed by atoms with Crippen LogP contribution in [0.25, 0.3) is 5.82 Å². The molecule has 2 aromatic heterocycles. The van der Waals surface area contributed by atoms with Gasteiger partial charge in [-0.05, 0) is 37.3 Å². The van der Waals surface area contributed by atoms with Gasteiger partial charge in [0, 0.05) is 29.4 Å². The van der Waals surface area contributed by atoms with Gasteiger partial charge in [-0.25, -0.2) is 14.6 Å². The molecule has 0 spiro atoms. The van der Waals surface area contributed by atoms with E-state index in [0.29, 0.717) is 32.2 Å². The van der Waals surface area contributed by atoms with E-state index in [0.717, 1.165) is 21.5 Å². The number of pyridine rings is 1. The summed E-state index contributed by atoms with van der Waals surface area (Å²) in [6.45, 7) is 4.31. The monoisotopic (exact) mass is 417 g/mol. The lowest BCUT2D eigenvalue weighted by Crippen LogP contribution is -2.10. The van der Waals surface area contributed by atoms with Gasteiger partial charge in [0.1, 0.15) is 25.0 Å². The Hall–Kier alpha value is -2.45. The van der Waals surface area contributed by atoms with E-state index in [2.05, 4.69) is 36.3 Å². The van der Waals surface area contributed by atoms with Crippen LogP contribution in [-0.2, 0) is 11.3 Å². The van der Waals surface area contributed by atoms with Crippen LogP contribution in [0.5, 0.6) is 5.75 Å². The van der Waals surface area contributed by atoms with Crippen molar-refractivity contribution >= 4 is 21.6 Å². The molecule has 1 N–H and O–H groups in total. The number of ether oxygens (including phenoxy) is 2. The summed E-state index contributed by atoms with van der Waals surface area (Å²) in [6, 6.07) is 9.79. The largest absolute Gasteiger partial charge is 0.491 e. The molecule has 8 heteroatoms. The SMILES string of the molecule is CCOCCOc1ccc(Br)cc1CNc1cccnc1-n1cncn1. The van der Waals surface area contributed by atoms with Gasteiger partial charge in [0.15, 0.2) is 5.82 Å². The van der Waals surface area contributed by atoms with E-state index < -0.39 is 0 Å². The molecule has 0 aliphatic rings. The predicted molar refractivity (Wildman–Crippen MR) is 103 cm³/mol. The van der Waals surface area contributed by atoms with Gasteiger partial charge in [0.2, 0.25) is 0 Å². The molecule has 1 aromatic carbocycles. The van der Waals surface area contributed by atoms with Crippen LogP contribution in [0.15, 0.2) is 53.7 Å². The van der Waals surface area contributed by atoms with Crippen molar-refractivity contribution in [3.05, 3.63) is 59.2 Å². The van der Waals surface area contributed by atoms with Gasteiger partial charge >= 0.3 is 0 Å².